The van der Waals surface area contributed by atoms with Gasteiger partial charge < -0.3 is 9.73 Å². The quantitative estimate of drug-likeness (QED) is 0.446. The first-order chi connectivity index (χ1) is 13.9. The van der Waals surface area contributed by atoms with Crippen LogP contribution in [0.3, 0.4) is 0 Å². The molecule has 1 fully saturated rings. The Labute approximate surface area is 182 Å². The first-order valence-electron chi connectivity index (χ1n) is 9.11. The lowest BCUT2D eigenvalue weighted by Gasteiger charge is -2.02. The SMILES string of the molecule is Cc1cc(C)cc(N=C2NC(=O)/C(=C/c3ccc(-c4ccc(C)cc4Br)o3)S2)c1. The van der Waals surface area contributed by atoms with Crippen molar-refractivity contribution in [1.29, 1.82) is 0 Å². The fourth-order valence-corrected chi connectivity index (χ4v) is 4.65. The molecule has 0 saturated carbocycles. The summed E-state index contributed by atoms with van der Waals surface area (Å²) in [7, 11) is 0. The first-order valence-corrected chi connectivity index (χ1v) is 10.7. The Kier molecular flexibility index (Phi) is 5.48. The molecule has 0 unspecified atom stereocenters. The zero-order valence-corrected chi connectivity index (χ0v) is 18.6. The number of nitrogens with zero attached hydrogens (tertiary/aromatic N) is 1. The second kappa shape index (κ2) is 8.05. The molecule has 1 saturated heterocycles. The number of halogens is 1. The van der Waals surface area contributed by atoms with Crippen LogP contribution in [0.25, 0.3) is 17.4 Å². The number of thioether (sulfide) groups is 1. The maximum Gasteiger partial charge on any atom is 0.264 e. The Hall–Kier alpha value is -2.57. The number of carbonyl (C=O) groups excluding carboxylic acids is 1. The molecule has 1 N–H and O–H groups in total. The fraction of sp³-hybridized carbons (Fsp3) is 0.130. The molecule has 1 aliphatic heterocycles. The molecular weight excluding hydrogens is 448 g/mol. The van der Waals surface area contributed by atoms with E-state index in [1.165, 1.54) is 17.3 Å². The monoisotopic (exact) mass is 466 g/mol. The molecular formula is C23H19BrN2O2S. The van der Waals surface area contributed by atoms with Gasteiger partial charge in [-0.1, -0.05) is 28.1 Å². The first kappa shape index (κ1) is 19.7. The number of furan rings is 1. The van der Waals surface area contributed by atoms with E-state index < -0.39 is 0 Å². The van der Waals surface area contributed by atoms with Gasteiger partial charge in [-0.25, -0.2) is 4.99 Å². The molecule has 29 heavy (non-hydrogen) atoms. The van der Waals surface area contributed by atoms with Gasteiger partial charge in [-0.3, -0.25) is 4.79 Å². The van der Waals surface area contributed by atoms with Crippen molar-refractivity contribution in [3.63, 3.8) is 0 Å². The van der Waals surface area contributed by atoms with Crippen molar-refractivity contribution in [1.82, 2.24) is 5.32 Å². The lowest BCUT2D eigenvalue weighted by atomic mass is 10.1. The van der Waals surface area contributed by atoms with Crippen LogP contribution in [0.1, 0.15) is 22.5 Å². The largest absolute Gasteiger partial charge is 0.457 e. The van der Waals surface area contributed by atoms with E-state index >= 15 is 0 Å². The normalized spacial score (nSPS) is 16.6. The predicted molar refractivity (Wildman–Crippen MR) is 123 cm³/mol. The molecule has 0 bridgehead atoms. The summed E-state index contributed by atoms with van der Waals surface area (Å²) in [5, 5.41) is 3.39. The van der Waals surface area contributed by atoms with Crippen LogP contribution in [-0.2, 0) is 4.79 Å². The van der Waals surface area contributed by atoms with Crippen LogP contribution in [-0.4, -0.2) is 11.1 Å². The van der Waals surface area contributed by atoms with Crippen molar-refractivity contribution >= 4 is 50.5 Å². The lowest BCUT2D eigenvalue weighted by molar-refractivity contribution is -0.115. The molecule has 3 aromatic rings. The third-order valence-electron chi connectivity index (χ3n) is 4.38. The van der Waals surface area contributed by atoms with Gasteiger partial charge in [0.2, 0.25) is 0 Å². The Morgan fingerprint density at radius 2 is 1.76 bits per heavy atom. The minimum atomic E-state index is -0.174. The summed E-state index contributed by atoms with van der Waals surface area (Å²) in [6.07, 6.45) is 1.75. The molecule has 6 heteroatoms. The molecule has 0 aliphatic carbocycles. The summed E-state index contributed by atoms with van der Waals surface area (Å²) in [4.78, 5) is 17.5. The summed E-state index contributed by atoms with van der Waals surface area (Å²) in [5.41, 5.74) is 5.25. The van der Waals surface area contributed by atoms with Crippen molar-refractivity contribution in [2.45, 2.75) is 20.8 Å². The summed E-state index contributed by atoms with van der Waals surface area (Å²) in [6.45, 7) is 6.10. The van der Waals surface area contributed by atoms with E-state index in [2.05, 4.69) is 32.3 Å². The van der Waals surface area contributed by atoms with Crippen LogP contribution in [0.5, 0.6) is 0 Å². The van der Waals surface area contributed by atoms with Crippen LogP contribution in [0.15, 0.2) is 67.3 Å². The Morgan fingerprint density at radius 1 is 1.00 bits per heavy atom. The van der Waals surface area contributed by atoms with Gasteiger partial charge in [0.25, 0.3) is 5.91 Å². The smallest absolute Gasteiger partial charge is 0.264 e. The second-order valence-corrected chi connectivity index (χ2v) is 8.90. The maximum atomic E-state index is 12.4. The third kappa shape index (κ3) is 4.54. The van der Waals surface area contributed by atoms with E-state index in [4.69, 9.17) is 4.42 Å². The van der Waals surface area contributed by atoms with Gasteiger partial charge in [-0.05, 0) is 85.6 Å². The van der Waals surface area contributed by atoms with E-state index in [1.54, 1.807) is 6.08 Å². The van der Waals surface area contributed by atoms with Gasteiger partial charge in [0.15, 0.2) is 5.17 Å². The number of amidine groups is 1. The highest BCUT2D eigenvalue weighted by Gasteiger charge is 2.24. The summed E-state index contributed by atoms with van der Waals surface area (Å²) in [5.74, 6) is 1.20. The summed E-state index contributed by atoms with van der Waals surface area (Å²) in [6, 6.07) is 15.9. The van der Waals surface area contributed by atoms with Crippen LogP contribution in [0, 0.1) is 20.8 Å². The number of rotatable bonds is 3. The van der Waals surface area contributed by atoms with Crippen molar-refractivity contribution in [3.8, 4) is 11.3 Å². The van der Waals surface area contributed by atoms with Crippen LogP contribution in [0.4, 0.5) is 5.69 Å². The number of aryl methyl sites for hydroxylation is 3. The van der Waals surface area contributed by atoms with Gasteiger partial charge in [0, 0.05) is 16.1 Å². The van der Waals surface area contributed by atoms with Gasteiger partial charge in [0.05, 0.1) is 10.6 Å². The van der Waals surface area contributed by atoms with Gasteiger partial charge in [-0.2, -0.15) is 0 Å². The zero-order valence-electron chi connectivity index (χ0n) is 16.2. The molecule has 1 aromatic heterocycles. The minimum Gasteiger partial charge on any atom is -0.457 e. The number of hydrogen-bond donors (Lipinski definition) is 1. The van der Waals surface area contributed by atoms with Crippen molar-refractivity contribution in [2.24, 2.45) is 4.99 Å². The molecule has 1 aliphatic rings. The number of amides is 1. The van der Waals surface area contributed by atoms with E-state index in [-0.39, 0.29) is 5.91 Å². The Bertz CT molecular complexity index is 1160. The molecule has 1 amide bonds. The van der Waals surface area contributed by atoms with Crippen LogP contribution >= 0.6 is 27.7 Å². The van der Waals surface area contributed by atoms with Crippen molar-refractivity contribution in [2.75, 3.05) is 0 Å². The molecule has 2 heterocycles. The Morgan fingerprint density at radius 3 is 2.48 bits per heavy atom. The molecule has 0 spiro atoms. The predicted octanol–water partition coefficient (Wildman–Crippen LogP) is 6.53. The number of aliphatic imine (C=N–C) groups is 1. The number of benzene rings is 2. The molecule has 146 valence electrons. The number of nitrogens with one attached hydrogen (secondary N) is 1. The third-order valence-corrected chi connectivity index (χ3v) is 5.94. The lowest BCUT2D eigenvalue weighted by Crippen LogP contribution is -2.19. The number of hydrogen-bond acceptors (Lipinski definition) is 4. The number of carbonyl (C=O) groups is 1. The standard InChI is InChI=1S/C23H19BrN2O2S/c1-13-4-6-18(19(24)11-13)20-7-5-17(28-20)12-21-22(27)26-23(29-21)25-16-9-14(2)8-15(3)10-16/h4-12H,1-3H3,(H,25,26,27)/b21-12-. The maximum absolute atomic E-state index is 12.4. The topological polar surface area (TPSA) is 54.6 Å². The highest BCUT2D eigenvalue weighted by molar-refractivity contribution is 9.10. The van der Waals surface area contributed by atoms with Gasteiger partial charge in [0.1, 0.15) is 11.5 Å². The highest BCUT2D eigenvalue weighted by Crippen LogP contribution is 2.33. The van der Waals surface area contributed by atoms with E-state index in [9.17, 15) is 4.79 Å². The highest BCUT2D eigenvalue weighted by atomic mass is 79.9. The van der Waals surface area contributed by atoms with Crippen molar-refractivity contribution in [3.05, 3.63) is 80.4 Å². The molecule has 0 atom stereocenters. The van der Waals surface area contributed by atoms with Gasteiger partial charge in [-0.15, -0.1) is 0 Å². The van der Waals surface area contributed by atoms with Crippen LogP contribution in [0.2, 0.25) is 0 Å². The molecule has 4 nitrogen and oxygen atoms in total. The minimum absolute atomic E-state index is 0.174. The zero-order chi connectivity index (χ0) is 20.5. The van der Waals surface area contributed by atoms with Crippen molar-refractivity contribution < 1.29 is 9.21 Å². The Balaban J connectivity index is 1.57. The fourth-order valence-electron chi connectivity index (χ4n) is 3.14. The molecule has 4 rings (SSSR count). The van der Waals surface area contributed by atoms with E-state index in [0.717, 1.165) is 32.6 Å². The van der Waals surface area contributed by atoms with E-state index in [0.29, 0.717) is 15.8 Å². The average Bonchev–Trinajstić information content (AvgIpc) is 3.21. The second-order valence-electron chi connectivity index (χ2n) is 7.01. The molecule has 2 aromatic carbocycles. The molecule has 0 radical (unpaired) electrons. The van der Waals surface area contributed by atoms with E-state index in [1.807, 2.05) is 63.2 Å². The van der Waals surface area contributed by atoms with Crippen LogP contribution < -0.4 is 5.32 Å². The summed E-state index contributed by atoms with van der Waals surface area (Å²) >= 11 is 4.89. The van der Waals surface area contributed by atoms with Gasteiger partial charge >= 0.3 is 0 Å². The summed E-state index contributed by atoms with van der Waals surface area (Å²) < 4.78 is 6.92. The average molecular weight is 467 g/mol.